The molecule has 2 atom stereocenters. The third-order valence-electron chi connectivity index (χ3n) is 3.96. The summed E-state index contributed by atoms with van der Waals surface area (Å²) in [4.78, 5) is 25.6. The van der Waals surface area contributed by atoms with Crippen molar-refractivity contribution >= 4 is 12.0 Å². The normalized spacial score (nSPS) is 26.1. The van der Waals surface area contributed by atoms with Crippen molar-refractivity contribution in [1.29, 1.82) is 0 Å². The highest BCUT2D eigenvalue weighted by Gasteiger charge is 2.44. The fourth-order valence-corrected chi connectivity index (χ4v) is 2.86. The van der Waals surface area contributed by atoms with E-state index in [1.807, 2.05) is 20.8 Å². The molecule has 0 saturated heterocycles. The molecule has 1 aliphatic rings. The zero-order chi connectivity index (χ0) is 15.3. The average Bonchev–Trinajstić information content (AvgIpc) is 2.35. The number of carboxylic acid groups (broad SMARTS) is 1. The summed E-state index contributed by atoms with van der Waals surface area (Å²) in [5.41, 5.74) is -1.12. The minimum Gasteiger partial charge on any atom is -0.480 e. The molecule has 0 heterocycles. The van der Waals surface area contributed by atoms with Crippen molar-refractivity contribution in [1.82, 2.24) is 10.2 Å². The number of urea groups is 1. The zero-order valence-electron chi connectivity index (χ0n) is 12.7. The van der Waals surface area contributed by atoms with Crippen LogP contribution in [-0.2, 0) is 4.79 Å². The van der Waals surface area contributed by atoms with Crippen LogP contribution in [-0.4, -0.2) is 40.1 Å². The van der Waals surface area contributed by atoms with E-state index in [1.165, 1.54) is 0 Å². The van der Waals surface area contributed by atoms with Crippen LogP contribution >= 0.6 is 0 Å². The second kappa shape index (κ2) is 6.77. The third-order valence-corrected chi connectivity index (χ3v) is 3.96. The van der Waals surface area contributed by atoms with Gasteiger partial charge in [0.2, 0.25) is 0 Å². The molecule has 0 aromatic rings. The lowest BCUT2D eigenvalue weighted by molar-refractivity contribution is -0.146. The molecule has 0 spiro atoms. The van der Waals surface area contributed by atoms with Crippen LogP contribution < -0.4 is 5.32 Å². The van der Waals surface area contributed by atoms with E-state index in [-0.39, 0.29) is 12.1 Å². The molecule has 0 bridgehead atoms. The number of rotatable bonds is 5. The monoisotopic (exact) mass is 282 g/mol. The molecule has 20 heavy (non-hydrogen) atoms. The van der Waals surface area contributed by atoms with Gasteiger partial charge in [0.1, 0.15) is 5.54 Å². The molecule has 1 fully saturated rings. The number of carboxylic acids is 1. The number of nitrogens with one attached hydrogen (secondary N) is 1. The molecule has 5 heteroatoms. The maximum atomic E-state index is 12.4. The Labute approximate surface area is 121 Å². The number of nitrogens with zero attached hydrogens (tertiary/aromatic N) is 1. The number of hydrogen-bond acceptors (Lipinski definition) is 2. The van der Waals surface area contributed by atoms with Crippen LogP contribution in [0.1, 0.15) is 46.5 Å². The van der Waals surface area contributed by atoms with Crippen molar-refractivity contribution in [3.05, 3.63) is 12.7 Å². The summed E-state index contributed by atoms with van der Waals surface area (Å²) in [7, 11) is 0. The molecule has 5 nitrogen and oxygen atoms in total. The predicted molar refractivity (Wildman–Crippen MR) is 78.6 cm³/mol. The highest BCUT2D eigenvalue weighted by atomic mass is 16.4. The predicted octanol–water partition coefficient (Wildman–Crippen LogP) is 2.63. The highest BCUT2D eigenvalue weighted by molar-refractivity contribution is 5.86. The van der Waals surface area contributed by atoms with Gasteiger partial charge in [0.05, 0.1) is 0 Å². The molecule has 0 aromatic carbocycles. The van der Waals surface area contributed by atoms with Crippen LogP contribution in [0.2, 0.25) is 0 Å². The third kappa shape index (κ3) is 3.74. The largest absolute Gasteiger partial charge is 0.480 e. The molecule has 0 aromatic heterocycles. The van der Waals surface area contributed by atoms with Gasteiger partial charge in [-0.1, -0.05) is 25.8 Å². The van der Waals surface area contributed by atoms with Gasteiger partial charge in [-0.2, -0.15) is 0 Å². The van der Waals surface area contributed by atoms with Crippen molar-refractivity contribution in [3.8, 4) is 0 Å². The van der Waals surface area contributed by atoms with E-state index >= 15 is 0 Å². The Morgan fingerprint density at radius 2 is 2.20 bits per heavy atom. The lowest BCUT2D eigenvalue weighted by Crippen LogP contribution is -2.60. The number of hydrogen-bond donors (Lipinski definition) is 2. The molecule has 1 saturated carbocycles. The van der Waals surface area contributed by atoms with Crippen LogP contribution in [0.15, 0.2) is 12.7 Å². The Morgan fingerprint density at radius 3 is 2.65 bits per heavy atom. The van der Waals surface area contributed by atoms with Gasteiger partial charge >= 0.3 is 12.0 Å². The smallest absolute Gasteiger partial charge is 0.329 e. The molecule has 1 aliphatic carbocycles. The lowest BCUT2D eigenvalue weighted by Gasteiger charge is -2.39. The molecule has 0 aliphatic heterocycles. The quantitative estimate of drug-likeness (QED) is 0.762. The van der Waals surface area contributed by atoms with E-state index in [9.17, 15) is 14.7 Å². The fraction of sp³-hybridized carbons (Fsp3) is 0.733. The summed E-state index contributed by atoms with van der Waals surface area (Å²) < 4.78 is 0. The summed E-state index contributed by atoms with van der Waals surface area (Å²) >= 11 is 0. The Kier molecular flexibility index (Phi) is 5.60. The number of carbonyl (C=O) groups excluding carboxylic acids is 1. The van der Waals surface area contributed by atoms with E-state index in [1.54, 1.807) is 11.0 Å². The van der Waals surface area contributed by atoms with Crippen LogP contribution in [0.4, 0.5) is 4.79 Å². The Hall–Kier alpha value is -1.52. The van der Waals surface area contributed by atoms with E-state index < -0.39 is 11.5 Å². The van der Waals surface area contributed by atoms with Crippen LogP contribution in [0, 0.1) is 5.92 Å². The zero-order valence-corrected chi connectivity index (χ0v) is 12.7. The lowest BCUT2D eigenvalue weighted by atomic mass is 9.76. The van der Waals surface area contributed by atoms with Gasteiger partial charge in [-0.3, -0.25) is 0 Å². The maximum Gasteiger partial charge on any atom is 0.329 e. The first-order chi connectivity index (χ1) is 9.32. The second-order valence-electron chi connectivity index (χ2n) is 6.05. The minimum absolute atomic E-state index is 0.000131. The number of amides is 2. The molecule has 114 valence electrons. The number of carbonyl (C=O) groups is 2. The topological polar surface area (TPSA) is 69.6 Å². The maximum absolute atomic E-state index is 12.4. The molecule has 2 unspecified atom stereocenters. The summed E-state index contributed by atoms with van der Waals surface area (Å²) in [6.45, 7) is 9.89. The van der Waals surface area contributed by atoms with Gasteiger partial charge in [0.15, 0.2) is 0 Å². The first-order valence-corrected chi connectivity index (χ1v) is 7.25. The van der Waals surface area contributed by atoms with E-state index in [0.29, 0.717) is 25.3 Å². The SMILES string of the molecule is C=CCN(C(=O)NC1(C(=O)O)CCCC(C)C1)C(C)C. The molecule has 1 rings (SSSR count). The van der Waals surface area contributed by atoms with Crippen LogP contribution in [0.3, 0.4) is 0 Å². The van der Waals surface area contributed by atoms with Crippen LogP contribution in [0.25, 0.3) is 0 Å². The van der Waals surface area contributed by atoms with E-state index in [2.05, 4.69) is 11.9 Å². The fourth-order valence-electron chi connectivity index (χ4n) is 2.86. The van der Waals surface area contributed by atoms with Crippen molar-refractivity contribution in [2.45, 2.75) is 58.0 Å². The molecule has 2 amide bonds. The first-order valence-electron chi connectivity index (χ1n) is 7.25. The van der Waals surface area contributed by atoms with Gasteiger partial charge in [-0.05, 0) is 32.6 Å². The molecule has 0 radical (unpaired) electrons. The van der Waals surface area contributed by atoms with E-state index in [4.69, 9.17) is 0 Å². The van der Waals surface area contributed by atoms with Gasteiger partial charge < -0.3 is 15.3 Å². The van der Waals surface area contributed by atoms with Gasteiger partial charge in [-0.25, -0.2) is 9.59 Å². The summed E-state index contributed by atoms with van der Waals surface area (Å²) in [6, 6.07) is -0.323. The van der Waals surface area contributed by atoms with Gasteiger partial charge in [0.25, 0.3) is 0 Å². The molecular formula is C15H26N2O3. The van der Waals surface area contributed by atoms with Crippen molar-refractivity contribution in [3.63, 3.8) is 0 Å². The summed E-state index contributed by atoms with van der Waals surface area (Å²) in [6.07, 6.45) is 4.49. The van der Waals surface area contributed by atoms with Crippen molar-refractivity contribution < 1.29 is 14.7 Å². The Balaban J connectivity index is 2.87. The number of aliphatic carboxylic acids is 1. The average molecular weight is 282 g/mol. The first kappa shape index (κ1) is 16.5. The molecular weight excluding hydrogens is 256 g/mol. The second-order valence-corrected chi connectivity index (χ2v) is 6.05. The Morgan fingerprint density at radius 1 is 1.55 bits per heavy atom. The summed E-state index contributed by atoms with van der Waals surface area (Å²) in [5, 5.41) is 12.3. The van der Waals surface area contributed by atoms with Crippen molar-refractivity contribution in [2.24, 2.45) is 5.92 Å². The van der Waals surface area contributed by atoms with Crippen molar-refractivity contribution in [2.75, 3.05) is 6.54 Å². The van der Waals surface area contributed by atoms with Gasteiger partial charge in [-0.15, -0.1) is 6.58 Å². The minimum atomic E-state index is -1.12. The highest BCUT2D eigenvalue weighted by Crippen LogP contribution is 2.32. The Bertz CT molecular complexity index is 381. The standard InChI is InChI=1S/C15H26N2O3/c1-5-9-17(11(2)3)14(20)16-15(13(18)19)8-6-7-12(4)10-15/h5,11-12H,1,6-10H2,2-4H3,(H,16,20)(H,18,19). The van der Waals surface area contributed by atoms with E-state index in [0.717, 1.165) is 12.8 Å². The molecule has 2 N–H and O–H groups in total. The van der Waals surface area contributed by atoms with Gasteiger partial charge in [0, 0.05) is 12.6 Å². The summed E-state index contributed by atoms with van der Waals surface area (Å²) in [5.74, 6) is -0.619. The van der Waals surface area contributed by atoms with Crippen LogP contribution in [0.5, 0.6) is 0 Å².